The van der Waals surface area contributed by atoms with Gasteiger partial charge in [0.1, 0.15) is 0 Å². The molecule has 0 radical (unpaired) electrons. The van der Waals surface area contributed by atoms with Crippen molar-refractivity contribution in [3.8, 4) is 0 Å². The van der Waals surface area contributed by atoms with Crippen molar-refractivity contribution in [1.29, 1.82) is 0 Å². The van der Waals surface area contributed by atoms with Crippen LogP contribution in [-0.2, 0) is 0 Å². The molecule has 0 atom stereocenters. The molecule has 4 aromatic rings. The van der Waals surface area contributed by atoms with Crippen molar-refractivity contribution in [2.45, 2.75) is 5.92 Å². The molecule has 3 heterocycles. The Balaban J connectivity index is 1.64. The van der Waals surface area contributed by atoms with Gasteiger partial charge in [0.25, 0.3) is 5.92 Å². The van der Waals surface area contributed by atoms with Crippen molar-refractivity contribution in [2.24, 2.45) is 4.99 Å². The van der Waals surface area contributed by atoms with Crippen LogP contribution < -0.4 is 4.90 Å². The summed E-state index contributed by atoms with van der Waals surface area (Å²) in [6, 6.07) is 23.3. The minimum absolute atomic E-state index is 0.368. The lowest BCUT2D eigenvalue weighted by Gasteiger charge is -2.39. The second-order valence-corrected chi connectivity index (χ2v) is 7.05. The van der Waals surface area contributed by atoms with E-state index < -0.39 is 5.92 Å². The topological polar surface area (TPSA) is 41.6 Å². The van der Waals surface area contributed by atoms with Gasteiger partial charge in [0.2, 0.25) is 0 Å². The number of anilines is 1. The summed E-state index contributed by atoms with van der Waals surface area (Å²) >= 11 is 0. The van der Waals surface area contributed by atoms with Crippen LogP contribution in [0.4, 0.5) is 20.4 Å². The van der Waals surface area contributed by atoms with Gasteiger partial charge in [0.15, 0.2) is 17.2 Å². The molecule has 0 N–H and O–H groups in total. The highest BCUT2D eigenvalue weighted by atomic mass is 19.3. The van der Waals surface area contributed by atoms with E-state index in [-0.39, 0.29) is 13.1 Å². The summed E-state index contributed by atoms with van der Waals surface area (Å²) in [5.74, 6) is -1.84. The molecule has 0 aliphatic carbocycles. The number of furan rings is 1. The zero-order chi connectivity index (χ0) is 19.8. The first kappa shape index (κ1) is 17.6. The van der Waals surface area contributed by atoms with E-state index in [0.717, 1.165) is 22.2 Å². The number of hydrogen-bond acceptors (Lipinski definition) is 4. The SMILES string of the molecule is FC1(F)CN(c2nc(N=C(c3ccccc3)c3ccccc3)cc3ccoc23)C1. The van der Waals surface area contributed by atoms with E-state index in [1.165, 1.54) is 11.2 Å². The second-order valence-electron chi connectivity index (χ2n) is 7.05. The molecule has 2 aromatic carbocycles. The van der Waals surface area contributed by atoms with Crippen LogP contribution in [0.5, 0.6) is 0 Å². The Morgan fingerprint density at radius 1 is 0.931 bits per heavy atom. The Morgan fingerprint density at radius 3 is 2.14 bits per heavy atom. The fraction of sp³-hybridized carbons (Fsp3) is 0.130. The first-order valence-electron chi connectivity index (χ1n) is 9.30. The van der Waals surface area contributed by atoms with Gasteiger partial charge in [-0.3, -0.25) is 0 Å². The number of rotatable bonds is 4. The third-order valence-electron chi connectivity index (χ3n) is 4.87. The third-order valence-corrected chi connectivity index (χ3v) is 4.87. The van der Waals surface area contributed by atoms with Gasteiger partial charge in [-0.05, 0) is 12.1 Å². The molecule has 6 heteroatoms. The van der Waals surface area contributed by atoms with Crippen LogP contribution in [0.25, 0.3) is 11.0 Å². The first-order chi connectivity index (χ1) is 14.1. The second kappa shape index (κ2) is 6.81. The number of fused-ring (bicyclic) bond motifs is 1. The van der Waals surface area contributed by atoms with Gasteiger partial charge < -0.3 is 9.32 Å². The molecule has 1 aliphatic rings. The Hall–Kier alpha value is -3.54. The molecule has 0 spiro atoms. The number of hydrogen-bond donors (Lipinski definition) is 0. The predicted molar refractivity (Wildman–Crippen MR) is 109 cm³/mol. The van der Waals surface area contributed by atoms with E-state index in [9.17, 15) is 8.78 Å². The predicted octanol–water partition coefficient (Wildman–Crippen LogP) is 5.45. The number of aromatic nitrogens is 1. The smallest absolute Gasteiger partial charge is 0.282 e. The van der Waals surface area contributed by atoms with Crippen LogP contribution in [0.3, 0.4) is 0 Å². The summed E-state index contributed by atoms with van der Waals surface area (Å²) in [5.41, 5.74) is 3.16. The molecular formula is C23H17F2N3O. The zero-order valence-corrected chi connectivity index (χ0v) is 15.4. The summed E-state index contributed by atoms with van der Waals surface area (Å²) in [5, 5.41) is 0.782. The number of benzene rings is 2. The van der Waals surface area contributed by atoms with E-state index in [4.69, 9.17) is 9.41 Å². The first-order valence-corrected chi connectivity index (χ1v) is 9.30. The average Bonchev–Trinajstić information content (AvgIpc) is 3.19. The Morgan fingerprint density at radius 2 is 1.55 bits per heavy atom. The van der Waals surface area contributed by atoms with Crippen LogP contribution >= 0.6 is 0 Å². The molecule has 0 amide bonds. The van der Waals surface area contributed by atoms with Crippen molar-refractivity contribution in [3.05, 3.63) is 90.2 Å². The van der Waals surface area contributed by atoms with Crippen molar-refractivity contribution < 1.29 is 13.2 Å². The van der Waals surface area contributed by atoms with Crippen LogP contribution in [0, 0.1) is 0 Å². The molecule has 4 nitrogen and oxygen atoms in total. The fourth-order valence-corrected chi connectivity index (χ4v) is 3.48. The van der Waals surface area contributed by atoms with E-state index in [1.54, 1.807) is 6.07 Å². The van der Waals surface area contributed by atoms with Crippen LogP contribution in [0.1, 0.15) is 11.1 Å². The third kappa shape index (κ3) is 3.38. The van der Waals surface area contributed by atoms with E-state index in [0.29, 0.717) is 17.2 Å². The van der Waals surface area contributed by atoms with Gasteiger partial charge in [-0.1, -0.05) is 60.7 Å². The molecule has 0 saturated carbocycles. The molecule has 0 unspecified atom stereocenters. The van der Waals surface area contributed by atoms with Crippen molar-refractivity contribution in [1.82, 2.24) is 4.98 Å². The molecule has 1 saturated heterocycles. The fourth-order valence-electron chi connectivity index (χ4n) is 3.48. The van der Waals surface area contributed by atoms with E-state index >= 15 is 0 Å². The minimum atomic E-state index is -2.70. The molecule has 29 heavy (non-hydrogen) atoms. The van der Waals surface area contributed by atoms with Crippen LogP contribution in [-0.4, -0.2) is 29.7 Å². The number of pyridine rings is 1. The summed E-state index contributed by atoms with van der Waals surface area (Å²) in [6.07, 6.45) is 1.54. The van der Waals surface area contributed by atoms with Crippen LogP contribution in [0.2, 0.25) is 0 Å². The van der Waals surface area contributed by atoms with Crippen molar-refractivity contribution >= 4 is 28.3 Å². The van der Waals surface area contributed by atoms with E-state index in [2.05, 4.69) is 4.98 Å². The Kier molecular flexibility index (Phi) is 4.12. The van der Waals surface area contributed by atoms with Gasteiger partial charge in [-0.2, -0.15) is 0 Å². The number of halogens is 2. The highest BCUT2D eigenvalue weighted by molar-refractivity contribution is 6.14. The van der Waals surface area contributed by atoms with E-state index in [1.807, 2.05) is 66.7 Å². The zero-order valence-electron chi connectivity index (χ0n) is 15.4. The largest absolute Gasteiger partial charge is 0.460 e. The quantitative estimate of drug-likeness (QED) is 0.436. The minimum Gasteiger partial charge on any atom is -0.460 e. The summed E-state index contributed by atoms with van der Waals surface area (Å²) < 4.78 is 32.4. The lowest BCUT2D eigenvalue weighted by atomic mass is 10.0. The average molecular weight is 389 g/mol. The maximum atomic E-state index is 13.4. The highest BCUT2D eigenvalue weighted by Gasteiger charge is 2.45. The summed E-state index contributed by atoms with van der Waals surface area (Å²) in [4.78, 5) is 10.9. The van der Waals surface area contributed by atoms with Crippen LogP contribution in [0.15, 0.2) is 88.5 Å². The Bertz CT molecular complexity index is 1140. The van der Waals surface area contributed by atoms with Gasteiger partial charge in [0, 0.05) is 16.5 Å². The molecule has 2 aromatic heterocycles. The lowest BCUT2D eigenvalue weighted by molar-refractivity contribution is -0.0266. The molecule has 5 rings (SSSR count). The van der Waals surface area contributed by atoms with Gasteiger partial charge in [-0.25, -0.2) is 18.8 Å². The standard InChI is InChI=1S/C23H17F2N3O/c24-23(25)14-28(15-23)22-21-18(11-12-29-21)13-19(27-22)26-20(16-7-3-1-4-8-16)17-9-5-2-6-10-17/h1-13H,14-15H2. The summed E-state index contributed by atoms with van der Waals surface area (Å²) in [6.45, 7) is -0.736. The Labute approximate surface area is 166 Å². The highest BCUT2D eigenvalue weighted by Crippen LogP contribution is 2.37. The molecule has 1 aliphatic heterocycles. The molecule has 144 valence electrons. The lowest BCUT2D eigenvalue weighted by Crippen LogP contribution is -2.56. The normalized spacial score (nSPS) is 15.2. The van der Waals surface area contributed by atoms with Crippen molar-refractivity contribution in [3.63, 3.8) is 0 Å². The summed E-state index contributed by atoms with van der Waals surface area (Å²) in [7, 11) is 0. The maximum absolute atomic E-state index is 13.4. The molecule has 1 fully saturated rings. The van der Waals surface area contributed by atoms with Crippen molar-refractivity contribution in [2.75, 3.05) is 18.0 Å². The number of nitrogens with zero attached hydrogens (tertiary/aromatic N) is 3. The number of alkyl halides is 2. The number of aliphatic imine (C=N–C) groups is 1. The monoisotopic (exact) mass is 389 g/mol. The van der Waals surface area contributed by atoms with Gasteiger partial charge >= 0.3 is 0 Å². The maximum Gasteiger partial charge on any atom is 0.282 e. The van der Waals surface area contributed by atoms with Gasteiger partial charge in [0.05, 0.1) is 25.1 Å². The van der Waals surface area contributed by atoms with Gasteiger partial charge in [-0.15, -0.1) is 0 Å². The molecular weight excluding hydrogens is 372 g/mol. The molecule has 0 bridgehead atoms.